The van der Waals surface area contributed by atoms with Crippen LogP contribution in [0.25, 0.3) is 20.7 Å². The fourth-order valence-corrected chi connectivity index (χ4v) is 6.52. The molecule has 1 aliphatic carbocycles. The molecule has 1 saturated carbocycles. The number of fused-ring (bicyclic) bond motifs is 1. The summed E-state index contributed by atoms with van der Waals surface area (Å²) < 4.78 is 0. The van der Waals surface area contributed by atoms with Gasteiger partial charge in [0.15, 0.2) is 0 Å². The molecule has 1 fully saturated rings. The Balaban J connectivity index is 1.64. The number of aromatic amines is 1. The summed E-state index contributed by atoms with van der Waals surface area (Å²) in [4.78, 5) is 22.5. The molecule has 1 N–H and O–H groups in total. The quantitative estimate of drug-likeness (QED) is 0.622. The van der Waals surface area contributed by atoms with Crippen LogP contribution >= 0.6 is 34.4 Å². The highest BCUT2D eigenvalue weighted by Gasteiger charge is 2.21. The molecule has 3 aromatic rings. The number of nitrogens with zero attached hydrogens (tertiary/aromatic N) is 1. The maximum absolute atomic E-state index is 12.7. The topological polar surface area (TPSA) is 45.8 Å². The van der Waals surface area contributed by atoms with Crippen molar-refractivity contribution in [1.82, 2.24) is 9.97 Å². The molecule has 24 heavy (non-hydrogen) atoms. The van der Waals surface area contributed by atoms with Gasteiger partial charge in [0, 0.05) is 21.1 Å². The van der Waals surface area contributed by atoms with E-state index in [1.54, 1.807) is 22.7 Å². The minimum atomic E-state index is -0.00394. The van der Waals surface area contributed by atoms with E-state index in [1.165, 1.54) is 32.1 Å². The molecule has 1 atom stereocenters. The lowest BCUT2D eigenvalue weighted by Crippen LogP contribution is -2.15. The SMILES string of the molecule is CC(SC1CCCCC1)c1nc2scc(-c3cccs3)c2c(=O)[nH]1. The molecule has 4 rings (SSSR count). The van der Waals surface area contributed by atoms with Crippen LogP contribution in [0, 0.1) is 0 Å². The van der Waals surface area contributed by atoms with Crippen molar-refractivity contribution in [2.24, 2.45) is 0 Å². The Kier molecular flexibility index (Phi) is 4.79. The molecule has 126 valence electrons. The normalized spacial score (nSPS) is 17.4. The van der Waals surface area contributed by atoms with Crippen molar-refractivity contribution in [3.63, 3.8) is 0 Å². The maximum atomic E-state index is 12.7. The second-order valence-electron chi connectivity index (χ2n) is 6.30. The first-order valence-electron chi connectivity index (χ1n) is 8.43. The van der Waals surface area contributed by atoms with Crippen molar-refractivity contribution in [2.45, 2.75) is 49.5 Å². The van der Waals surface area contributed by atoms with Gasteiger partial charge in [-0.25, -0.2) is 4.98 Å². The summed E-state index contributed by atoms with van der Waals surface area (Å²) in [7, 11) is 0. The van der Waals surface area contributed by atoms with E-state index in [1.807, 2.05) is 23.2 Å². The zero-order chi connectivity index (χ0) is 16.5. The second kappa shape index (κ2) is 7.02. The Morgan fingerprint density at radius 1 is 1.29 bits per heavy atom. The van der Waals surface area contributed by atoms with Crippen molar-refractivity contribution in [2.75, 3.05) is 0 Å². The largest absolute Gasteiger partial charge is 0.309 e. The van der Waals surface area contributed by atoms with Crippen molar-refractivity contribution >= 4 is 44.7 Å². The number of H-pyrrole nitrogens is 1. The van der Waals surface area contributed by atoms with Gasteiger partial charge in [0.05, 0.1) is 10.6 Å². The Morgan fingerprint density at radius 2 is 2.12 bits per heavy atom. The zero-order valence-corrected chi connectivity index (χ0v) is 16.0. The van der Waals surface area contributed by atoms with Gasteiger partial charge >= 0.3 is 0 Å². The second-order valence-corrected chi connectivity index (χ2v) is 9.75. The van der Waals surface area contributed by atoms with E-state index >= 15 is 0 Å². The van der Waals surface area contributed by atoms with Crippen LogP contribution in [0.15, 0.2) is 27.7 Å². The van der Waals surface area contributed by atoms with Gasteiger partial charge < -0.3 is 4.98 Å². The molecular weight excluding hydrogens is 356 g/mol. The van der Waals surface area contributed by atoms with Crippen LogP contribution in [-0.4, -0.2) is 15.2 Å². The predicted octanol–water partition coefficient (Wildman–Crippen LogP) is 5.84. The lowest BCUT2D eigenvalue weighted by molar-refractivity contribution is 0.515. The van der Waals surface area contributed by atoms with Gasteiger partial charge in [0.25, 0.3) is 5.56 Å². The minimum Gasteiger partial charge on any atom is -0.309 e. The van der Waals surface area contributed by atoms with Crippen molar-refractivity contribution in [3.05, 3.63) is 39.1 Å². The van der Waals surface area contributed by atoms with E-state index in [0.29, 0.717) is 5.25 Å². The zero-order valence-electron chi connectivity index (χ0n) is 13.6. The highest BCUT2D eigenvalue weighted by molar-refractivity contribution is 8.00. The van der Waals surface area contributed by atoms with Gasteiger partial charge in [0.2, 0.25) is 0 Å². The molecule has 0 bridgehead atoms. The van der Waals surface area contributed by atoms with E-state index in [2.05, 4.69) is 23.4 Å². The van der Waals surface area contributed by atoms with Crippen LogP contribution in [-0.2, 0) is 0 Å². The van der Waals surface area contributed by atoms with Gasteiger partial charge in [0.1, 0.15) is 10.7 Å². The maximum Gasteiger partial charge on any atom is 0.260 e. The summed E-state index contributed by atoms with van der Waals surface area (Å²) in [5.41, 5.74) is 1.01. The molecule has 0 radical (unpaired) electrons. The number of rotatable bonds is 4. The fraction of sp³-hybridized carbons (Fsp3) is 0.444. The molecule has 0 aliphatic heterocycles. The van der Waals surface area contributed by atoms with E-state index in [0.717, 1.165) is 26.5 Å². The highest BCUT2D eigenvalue weighted by atomic mass is 32.2. The Morgan fingerprint density at radius 3 is 2.88 bits per heavy atom. The summed E-state index contributed by atoms with van der Waals surface area (Å²) in [6, 6.07) is 4.07. The third kappa shape index (κ3) is 3.19. The average Bonchev–Trinajstić information content (AvgIpc) is 3.24. The van der Waals surface area contributed by atoms with Crippen molar-refractivity contribution in [3.8, 4) is 10.4 Å². The minimum absolute atomic E-state index is 0.00394. The van der Waals surface area contributed by atoms with Crippen LogP contribution < -0.4 is 5.56 Å². The molecule has 0 saturated heterocycles. The summed E-state index contributed by atoms with van der Waals surface area (Å²) in [5.74, 6) is 0.822. The highest BCUT2D eigenvalue weighted by Crippen LogP contribution is 2.38. The van der Waals surface area contributed by atoms with Crippen molar-refractivity contribution < 1.29 is 0 Å². The Bertz CT molecular complexity index is 875. The van der Waals surface area contributed by atoms with Gasteiger partial charge in [-0.05, 0) is 31.2 Å². The number of hydrogen-bond donors (Lipinski definition) is 1. The number of thioether (sulfide) groups is 1. The number of nitrogens with one attached hydrogen (secondary N) is 1. The first kappa shape index (κ1) is 16.4. The van der Waals surface area contributed by atoms with E-state index in [4.69, 9.17) is 4.98 Å². The van der Waals surface area contributed by atoms with Gasteiger partial charge in [-0.15, -0.1) is 34.4 Å². The van der Waals surface area contributed by atoms with E-state index < -0.39 is 0 Å². The fourth-order valence-electron chi connectivity index (χ4n) is 3.33. The molecule has 3 heterocycles. The molecule has 3 aromatic heterocycles. The monoisotopic (exact) mass is 376 g/mol. The van der Waals surface area contributed by atoms with Gasteiger partial charge in [-0.2, -0.15) is 0 Å². The standard InChI is InChI=1S/C18H20N2OS3/c1-11(24-12-6-3-2-4-7-12)16-19-17(21)15-13(10-23-18(15)20-16)14-8-5-9-22-14/h5,8-12H,2-4,6-7H2,1H3,(H,19,20,21). The molecule has 0 aromatic carbocycles. The average molecular weight is 377 g/mol. The van der Waals surface area contributed by atoms with Crippen LogP contribution in [0.3, 0.4) is 0 Å². The summed E-state index contributed by atoms with van der Waals surface area (Å²) in [5, 5.41) is 5.78. The van der Waals surface area contributed by atoms with E-state index in [-0.39, 0.29) is 10.8 Å². The van der Waals surface area contributed by atoms with Crippen LogP contribution in [0.4, 0.5) is 0 Å². The lowest BCUT2D eigenvalue weighted by Gasteiger charge is -2.23. The Hall–Kier alpha value is -1.11. The molecule has 1 unspecified atom stereocenters. The summed E-state index contributed by atoms with van der Waals surface area (Å²) >= 11 is 5.20. The first-order chi connectivity index (χ1) is 11.7. The number of hydrogen-bond acceptors (Lipinski definition) is 5. The lowest BCUT2D eigenvalue weighted by atomic mass is 10.0. The number of aromatic nitrogens is 2. The van der Waals surface area contributed by atoms with Gasteiger partial charge in [-0.1, -0.05) is 25.3 Å². The van der Waals surface area contributed by atoms with Crippen LogP contribution in [0.5, 0.6) is 0 Å². The van der Waals surface area contributed by atoms with Crippen molar-refractivity contribution in [1.29, 1.82) is 0 Å². The van der Waals surface area contributed by atoms with E-state index in [9.17, 15) is 4.79 Å². The predicted molar refractivity (Wildman–Crippen MR) is 106 cm³/mol. The third-order valence-corrected chi connectivity index (χ3v) is 7.85. The molecule has 3 nitrogen and oxygen atoms in total. The molecular formula is C18H20N2OS3. The van der Waals surface area contributed by atoms with Gasteiger partial charge in [-0.3, -0.25) is 4.79 Å². The summed E-state index contributed by atoms with van der Waals surface area (Å²) in [6.45, 7) is 2.16. The molecule has 0 amide bonds. The molecule has 6 heteroatoms. The number of thiophene rings is 2. The Labute approximate surface area is 153 Å². The van der Waals surface area contributed by atoms with Crippen LogP contribution in [0.1, 0.15) is 50.1 Å². The molecule has 0 spiro atoms. The first-order valence-corrected chi connectivity index (χ1v) is 11.1. The molecule has 1 aliphatic rings. The summed E-state index contributed by atoms with van der Waals surface area (Å²) in [6.07, 6.45) is 6.63. The smallest absolute Gasteiger partial charge is 0.260 e. The third-order valence-electron chi connectivity index (χ3n) is 4.58. The van der Waals surface area contributed by atoms with Crippen LogP contribution in [0.2, 0.25) is 0 Å².